The Labute approximate surface area is 186 Å². The zero-order valence-corrected chi connectivity index (χ0v) is 18.8. The largest absolute Gasteiger partial charge is 0.357 e. The van der Waals surface area contributed by atoms with Crippen LogP contribution >= 0.6 is 0 Å². The molecule has 0 amide bonds. The van der Waals surface area contributed by atoms with Crippen LogP contribution in [0.3, 0.4) is 0 Å². The molecule has 6 heteroatoms. The van der Waals surface area contributed by atoms with Crippen molar-refractivity contribution in [1.82, 2.24) is 20.5 Å². The molecule has 0 radical (unpaired) electrons. The zero-order chi connectivity index (χ0) is 21.3. The number of guanidine groups is 1. The van der Waals surface area contributed by atoms with Crippen molar-refractivity contribution >= 4 is 11.8 Å². The lowest BCUT2D eigenvalue weighted by Gasteiger charge is -2.33. The van der Waals surface area contributed by atoms with E-state index in [2.05, 4.69) is 72.9 Å². The molecule has 4 rings (SSSR count). The number of hydrogen-bond donors (Lipinski definition) is 2. The lowest BCUT2D eigenvalue weighted by molar-refractivity contribution is 0.198. The van der Waals surface area contributed by atoms with Crippen molar-refractivity contribution in [2.24, 2.45) is 4.99 Å². The highest BCUT2D eigenvalue weighted by molar-refractivity contribution is 5.80. The minimum Gasteiger partial charge on any atom is -0.357 e. The summed E-state index contributed by atoms with van der Waals surface area (Å²) >= 11 is 0. The summed E-state index contributed by atoms with van der Waals surface area (Å²) in [6.45, 7) is 6.28. The molecule has 2 aromatic rings. The highest BCUT2D eigenvalue weighted by Gasteiger charge is 2.20. The molecule has 0 unspecified atom stereocenters. The van der Waals surface area contributed by atoms with Gasteiger partial charge in [0.25, 0.3) is 0 Å². The number of hydrogen-bond acceptors (Lipinski definition) is 4. The van der Waals surface area contributed by atoms with E-state index in [9.17, 15) is 0 Å². The van der Waals surface area contributed by atoms with Gasteiger partial charge in [-0.3, -0.25) is 9.89 Å². The number of piperidine rings is 2. The molecule has 3 heterocycles. The van der Waals surface area contributed by atoms with E-state index in [1.54, 1.807) is 0 Å². The van der Waals surface area contributed by atoms with E-state index in [-0.39, 0.29) is 0 Å². The number of aromatic nitrogens is 1. The Morgan fingerprint density at radius 1 is 1.00 bits per heavy atom. The number of aliphatic imine (C=N–C) groups is 1. The number of nitrogens with zero attached hydrogens (tertiary/aromatic N) is 4. The molecular weight excluding hydrogens is 384 g/mol. The quantitative estimate of drug-likeness (QED) is 0.554. The lowest BCUT2D eigenvalue weighted by atomic mass is 10.0. The molecule has 6 nitrogen and oxygen atoms in total. The van der Waals surface area contributed by atoms with Gasteiger partial charge in [-0.2, -0.15) is 0 Å². The van der Waals surface area contributed by atoms with E-state index in [1.165, 1.54) is 30.4 Å². The van der Waals surface area contributed by atoms with Crippen molar-refractivity contribution in [2.45, 2.75) is 51.2 Å². The zero-order valence-electron chi connectivity index (χ0n) is 18.8. The van der Waals surface area contributed by atoms with Gasteiger partial charge in [-0.25, -0.2) is 4.98 Å². The number of benzene rings is 1. The van der Waals surface area contributed by atoms with Crippen LogP contribution in [0, 0.1) is 0 Å². The Kier molecular flexibility index (Phi) is 7.77. The van der Waals surface area contributed by atoms with Gasteiger partial charge in [-0.05, 0) is 55.4 Å². The van der Waals surface area contributed by atoms with Crippen molar-refractivity contribution in [3.63, 3.8) is 0 Å². The van der Waals surface area contributed by atoms with Gasteiger partial charge in [0.2, 0.25) is 0 Å². The standard InChI is InChI=1S/C25H36N6/c1-26-25(28-19-22-10-13-27-24(18-22)31-14-6-3-7-15-31)29-23-11-16-30(17-12-23)20-21-8-4-2-5-9-21/h2,4-5,8-10,13,18,23H,3,6-7,11-12,14-17,19-20H2,1H3,(H2,26,28,29). The van der Waals surface area contributed by atoms with Gasteiger partial charge in [-0.1, -0.05) is 30.3 Å². The van der Waals surface area contributed by atoms with Gasteiger partial charge in [0.05, 0.1) is 0 Å². The molecule has 166 valence electrons. The molecule has 2 saturated heterocycles. The summed E-state index contributed by atoms with van der Waals surface area (Å²) in [4.78, 5) is 14.0. The van der Waals surface area contributed by atoms with Crippen molar-refractivity contribution < 1.29 is 0 Å². The molecule has 2 aliphatic rings. The minimum atomic E-state index is 0.472. The Morgan fingerprint density at radius 3 is 2.52 bits per heavy atom. The van der Waals surface area contributed by atoms with Gasteiger partial charge in [0, 0.05) is 58.6 Å². The second-order valence-electron chi connectivity index (χ2n) is 8.68. The molecule has 0 aliphatic carbocycles. The number of rotatable bonds is 6. The number of anilines is 1. The van der Waals surface area contributed by atoms with Crippen LogP contribution in [0.4, 0.5) is 5.82 Å². The topological polar surface area (TPSA) is 55.8 Å². The maximum atomic E-state index is 4.59. The first kappa shape index (κ1) is 21.6. The summed E-state index contributed by atoms with van der Waals surface area (Å²) in [6.07, 6.45) is 8.09. The second kappa shape index (κ2) is 11.1. The van der Waals surface area contributed by atoms with E-state index in [0.717, 1.165) is 63.9 Å². The molecule has 1 aromatic heterocycles. The lowest BCUT2D eigenvalue weighted by Crippen LogP contribution is -2.48. The average molecular weight is 421 g/mol. The average Bonchev–Trinajstić information content (AvgIpc) is 2.84. The first-order valence-corrected chi connectivity index (χ1v) is 11.7. The number of nitrogens with one attached hydrogen (secondary N) is 2. The second-order valence-corrected chi connectivity index (χ2v) is 8.68. The highest BCUT2D eigenvalue weighted by atomic mass is 15.2. The Morgan fingerprint density at radius 2 is 1.77 bits per heavy atom. The van der Waals surface area contributed by atoms with Gasteiger partial charge in [0.15, 0.2) is 5.96 Å². The van der Waals surface area contributed by atoms with Crippen LogP contribution in [-0.2, 0) is 13.1 Å². The summed E-state index contributed by atoms with van der Waals surface area (Å²) in [6, 6.07) is 15.5. The highest BCUT2D eigenvalue weighted by Crippen LogP contribution is 2.18. The Hall–Kier alpha value is -2.60. The van der Waals surface area contributed by atoms with Crippen LogP contribution in [0.15, 0.2) is 53.7 Å². The monoisotopic (exact) mass is 420 g/mol. The predicted octanol–water partition coefficient (Wildman–Crippen LogP) is 3.40. The van der Waals surface area contributed by atoms with Gasteiger partial charge < -0.3 is 15.5 Å². The normalized spacial score (nSPS) is 18.7. The predicted molar refractivity (Wildman–Crippen MR) is 128 cm³/mol. The number of pyridine rings is 1. The van der Waals surface area contributed by atoms with Crippen LogP contribution in [0.1, 0.15) is 43.2 Å². The van der Waals surface area contributed by atoms with Crippen LogP contribution < -0.4 is 15.5 Å². The van der Waals surface area contributed by atoms with Crippen LogP contribution in [0.5, 0.6) is 0 Å². The number of likely N-dealkylation sites (tertiary alicyclic amines) is 1. The first-order valence-electron chi connectivity index (χ1n) is 11.7. The van der Waals surface area contributed by atoms with Crippen molar-refractivity contribution in [2.75, 3.05) is 38.1 Å². The molecule has 31 heavy (non-hydrogen) atoms. The maximum absolute atomic E-state index is 4.59. The molecule has 0 atom stereocenters. The Bertz CT molecular complexity index is 823. The summed E-state index contributed by atoms with van der Waals surface area (Å²) < 4.78 is 0. The third-order valence-corrected chi connectivity index (χ3v) is 6.35. The summed E-state index contributed by atoms with van der Waals surface area (Å²) in [5.74, 6) is 1.99. The molecule has 0 bridgehead atoms. The molecule has 2 fully saturated rings. The minimum absolute atomic E-state index is 0.472. The molecule has 1 aromatic carbocycles. The molecule has 0 saturated carbocycles. The summed E-state index contributed by atoms with van der Waals surface area (Å²) in [7, 11) is 1.85. The summed E-state index contributed by atoms with van der Waals surface area (Å²) in [5, 5.41) is 7.12. The summed E-state index contributed by atoms with van der Waals surface area (Å²) in [5.41, 5.74) is 2.64. The van der Waals surface area contributed by atoms with Gasteiger partial charge in [0.1, 0.15) is 5.82 Å². The van der Waals surface area contributed by atoms with E-state index in [1.807, 2.05) is 13.2 Å². The van der Waals surface area contributed by atoms with Crippen molar-refractivity contribution in [3.05, 3.63) is 59.8 Å². The van der Waals surface area contributed by atoms with E-state index >= 15 is 0 Å². The van der Waals surface area contributed by atoms with Crippen molar-refractivity contribution in [1.29, 1.82) is 0 Å². The van der Waals surface area contributed by atoms with Gasteiger partial charge >= 0.3 is 0 Å². The van der Waals surface area contributed by atoms with Crippen LogP contribution in [0.2, 0.25) is 0 Å². The smallest absolute Gasteiger partial charge is 0.191 e. The van der Waals surface area contributed by atoms with Gasteiger partial charge in [-0.15, -0.1) is 0 Å². The fourth-order valence-electron chi connectivity index (χ4n) is 4.52. The van der Waals surface area contributed by atoms with E-state index in [0.29, 0.717) is 6.04 Å². The molecular formula is C25H36N6. The molecule has 2 aliphatic heterocycles. The van der Waals surface area contributed by atoms with Crippen molar-refractivity contribution in [3.8, 4) is 0 Å². The fourth-order valence-corrected chi connectivity index (χ4v) is 4.52. The molecule has 0 spiro atoms. The third kappa shape index (κ3) is 6.44. The fraction of sp³-hybridized carbons (Fsp3) is 0.520. The van der Waals surface area contributed by atoms with E-state index < -0.39 is 0 Å². The van der Waals surface area contributed by atoms with Crippen LogP contribution in [0.25, 0.3) is 0 Å². The third-order valence-electron chi connectivity index (χ3n) is 6.35. The SMILES string of the molecule is CN=C(NCc1ccnc(N2CCCCC2)c1)NC1CCN(Cc2ccccc2)CC1. The maximum Gasteiger partial charge on any atom is 0.191 e. The van der Waals surface area contributed by atoms with E-state index in [4.69, 9.17) is 0 Å². The Balaban J connectivity index is 1.22. The van der Waals surface area contributed by atoms with Crippen LogP contribution in [-0.4, -0.2) is 55.1 Å². The first-order chi connectivity index (χ1) is 15.3. The molecule has 2 N–H and O–H groups in total.